The number of fused-ring (bicyclic) bond motifs is 3. The van der Waals surface area contributed by atoms with E-state index in [1.54, 1.807) is 14.0 Å². The number of amides is 6. The fourth-order valence-corrected chi connectivity index (χ4v) is 13.8. The molecule has 9 aromatic carbocycles. The number of alkyl halides is 4. The van der Waals surface area contributed by atoms with Crippen molar-refractivity contribution in [3.63, 3.8) is 0 Å². The summed E-state index contributed by atoms with van der Waals surface area (Å²) in [5.74, 6) is 1.88. The normalized spacial score (nSPS) is 12.3. The number of rotatable bonds is 19. The van der Waals surface area contributed by atoms with Crippen LogP contribution < -0.4 is 113 Å². The van der Waals surface area contributed by atoms with Gasteiger partial charge in [-0.05, 0) is 160 Å². The van der Waals surface area contributed by atoms with Crippen LogP contribution in [0.5, 0.6) is 0 Å². The number of anilines is 6. The van der Waals surface area contributed by atoms with Crippen molar-refractivity contribution in [2.75, 3.05) is 96.4 Å². The molecular formula is C102H131BrI5KN14O5V2-2. The van der Waals surface area contributed by atoms with E-state index in [1.807, 2.05) is 188 Å². The summed E-state index contributed by atoms with van der Waals surface area (Å²) in [7, 11) is 0. The molecule has 0 unspecified atom stereocenters. The van der Waals surface area contributed by atoms with Crippen molar-refractivity contribution < 1.29 is 136 Å². The van der Waals surface area contributed by atoms with Gasteiger partial charge in [-0.25, -0.2) is 28.4 Å². The maximum Gasteiger partial charge on any atom is 1.00 e. The van der Waals surface area contributed by atoms with Gasteiger partial charge in [0.15, 0.2) is 0 Å². The number of morpholine rings is 2. The van der Waals surface area contributed by atoms with Gasteiger partial charge in [-0.1, -0.05) is 336 Å². The summed E-state index contributed by atoms with van der Waals surface area (Å²) >= 11 is 12.4. The van der Waals surface area contributed by atoms with Gasteiger partial charge >= 0.3 is 69.5 Å². The SMILES string of the molecule is C.C/C=C/CC.C1COCCN1.CC/C=C/c1ccc(NC(=O)Nc2cc(C(C)(C)C)nn2-c2ccc(C)cc2)c2ccccc12.Cc1ccc(-n2nc(C(C)(C)C)cc2NC(=O)Nc2ccc(CCCBr)c3ccccc23)cc1.Cc1ccc(-n2nc(C(C)(C)C)cc2NC(=O)Nc2ccc(CCCN3CCOCC3)c3ccccc23)cc1.IC(I)I.[CH2-]I.[CH3-].[I-].[K+].[V].[V]. The van der Waals surface area contributed by atoms with Gasteiger partial charge in [-0.2, -0.15) is 15.3 Å². The smallest absolute Gasteiger partial charge is 1.00 e. The monoisotopic (exact) mass is 2490 g/mol. The molecule has 694 valence electrons. The van der Waals surface area contributed by atoms with Gasteiger partial charge in [-0.3, -0.25) is 25.8 Å². The molecule has 19 nitrogen and oxygen atoms in total. The maximum absolute atomic E-state index is 13.3. The predicted octanol–water partition coefficient (Wildman–Crippen LogP) is 22.3. The number of carbonyl (C=O) groups is 3. The van der Waals surface area contributed by atoms with Crippen molar-refractivity contribution in [2.24, 2.45) is 0 Å². The molecule has 12 aromatic rings. The second-order valence-electron chi connectivity index (χ2n) is 33.1. The van der Waals surface area contributed by atoms with E-state index in [0.717, 1.165) is 181 Å². The average molecular weight is 2490 g/mol. The molecule has 7 N–H and O–H groups in total. The molecule has 28 heteroatoms. The zero-order valence-electron chi connectivity index (χ0n) is 77.8. The molecule has 2 aliphatic heterocycles. The molecule has 0 spiro atoms. The molecule has 6 amide bonds. The van der Waals surface area contributed by atoms with Crippen LogP contribution in [0.2, 0.25) is 0 Å². The van der Waals surface area contributed by atoms with Gasteiger partial charge in [0, 0.05) is 119 Å². The molecule has 2 saturated heterocycles. The zero-order chi connectivity index (χ0) is 89.9. The second-order valence-corrected chi connectivity index (χ2v) is 44.8. The molecule has 0 saturated carbocycles. The van der Waals surface area contributed by atoms with Crippen molar-refractivity contribution in [2.45, 2.75) is 166 Å². The number of aromatic nitrogens is 6. The minimum Gasteiger partial charge on any atom is -1.00 e. The number of nitrogens with zero attached hydrogens (tertiary/aromatic N) is 7. The maximum atomic E-state index is 13.3. The van der Waals surface area contributed by atoms with Crippen LogP contribution >= 0.6 is 106 Å². The number of carbonyl (C=O) groups excluding carboxylic acids is 3. The number of ether oxygens (including phenoxy) is 2. The van der Waals surface area contributed by atoms with Crippen LogP contribution in [-0.4, -0.2) is 117 Å². The third-order valence-corrected chi connectivity index (χ3v) is 20.7. The van der Waals surface area contributed by atoms with Crippen molar-refractivity contribution in [3.8, 4) is 17.1 Å². The van der Waals surface area contributed by atoms with E-state index in [1.165, 1.54) is 38.6 Å². The first kappa shape index (κ1) is 122. The van der Waals surface area contributed by atoms with E-state index >= 15 is 0 Å². The Morgan fingerprint density at radius 2 is 0.792 bits per heavy atom. The third kappa shape index (κ3) is 39.1. The minimum atomic E-state index is -0.310. The van der Waals surface area contributed by atoms with Gasteiger partial charge in [0.1, 0.15) is 17.4 Å². The Hall–Kier alpha value is -4.54. The van der Waals surface area contributed by atoms with Crippen LogP contribution in [0, 0.1) is 33.1 Å². The van der Waals surface area contributed by atoms with E-state index in [4.69, 9.17) is 24.8 Å². The van der Waals surface area contributed by atoms with Gasteiger partial charge in [0.25, 0.3) is 0 Å². The van der Waals surface area contributed by atoms with Gasteiger partial charge < -0.3 is 84.7 Å². The van der Waals surface area contributed by atoms with Crippen LogP contribution in [0.3, 0.4) is 0 Å². The first-order valence-corrected chi connectivity index (χ1v) is 48.7. The molecule has 2 fully saturated rings. The first-order valence-electron chi connectivity index (χ1n) is 42.4. The summed E-state index contributed by atoms with van der Waals surface area (Å²) in [4.78, 5) is 45.2. The number of halogens is 6. The Labute approximate surface area is 921 Å². The quantitative estimate of drug-likeness (QED) is 0.0134. The van der Waals surface area contributed by atoms with E-state index in [-0.39, 0.29) is 162 Å². The number of allylic oxidation sites excluding steroid dienone is 3. The number of hydrogen-bond acceptors (Lipinski definition) is 10. The predicted molar refractivity (Wildman–Crippen MR) is 575 cm³/mol. The molecule has 3 aromatic heterocycles. The molecule has 14 rings (SSSR count). The number of hydrogen-bond donors (Lipinski definition) is 7. The van der Waals surface area contributed by atoms with Crippen LogP contribution in [0.15, 0.2) is 218 Å². The Morgan fingerprint density at radius 1 is 0.477 bits per heavy atom. The van der Waals surface area contributed by atoms with Crippen LogP contribution in [0.1, 0.15) is 167 Å². The van der Waals surface area contributed by atoms with Crippen LogP contribution in [-0.2, 0) is 75.7 Å². The summed E-state index contributed by atoms with van der Waals surface area (Å²) in [6.07, 6.45) is 14.7. The molecule has 5 heterocycles. The summed E-state index contributed by atoms with van der Waals surface area (Å²) in [5.41, 5.74) is 14.5. The molecule has 0 aliphatic carbocycles. The largest absolute Gasteiger partial charge is 1.00 e. The summed E-state index contributed by atoms with van der Waals surface area (Å²) < 4.78 is 16.6. The molecule has 2 aliphatic rings. The van der Waals surface area contributed by atoms with Crippen molar-refractivity contribution in [3.05, 3.63) is 281 Å². The van der Waals surface area contributed by atoms with Gasteiger partial charge in [-0.15, -0.1) is 0 Å². The van der Waals surface area contributed by atoms with E-state index in [2.05, 4.69) is 294 Å². The summed E-state index contributed by atoms with van der Waals surface area (Å²) in [5, 5.41) is 43.3. The van der Waals surface area contributed by atoms with Crippen molar-refractivity contribution >= 4 is 197 Å². The first-order chi connectivity index (χ1) is 59.4. The third-order valence-electron chi connectivity index (χ3n) is 20.2. The Bertz CT molecular complexity index is 5420. The summed E-state index contributed by atoms with van der Waals surface area (Å²) in [6.45, 7) is 40.0. The summed E-state index contributed by atoms with van der Waals surface area (Å²) in [6, 6.07) is 66.1. The van der Waals surface area contributed by atoms with Gasteiger partial charge in [0.2, 0.25) is 0 Å². The minimum absolute atomic E-state index is 0. The van der Waals surface area contributed by atoms with E-state index in [9.17, 15) is 14.4 Å². The van der Waals surface area contributed by atoms with E-state index < -0.39 is 0 Å². The van der Waals surface area contributed by atoms with Gasteiger partial charge in [0.05, 0.1) is 77.6 Å². The Balaban J connectivity index is 0.000000592. The molecule has 2 radical (unpaired) electrons. The second kappa shape index (κ2) is 62.3. The molecule has 130 heavy (non-hydrogen) atoms. The zero-order valence-corrected chi connectivity index (χ0v) is 96.1. The van der Waals surface area contributed by atoms with Crippen molar-refractivity contribution in [1.82, 2.24) is 39.6 Å². The molecular weight excluding hydrogens is 2360 g/mol. The van der Waals surface area contributed by atoms with E-state index in [0.29, 0.717) is 17.5 Å². The number of aryl methyl sites for hydroxylation is 5. The molecule has 0 bridgehead atoms. The fourth-order valence-electron chi connectivity index (χ4n) is 13.5. The average Bonchev–Trinajstić information content (AvgIpc) is 1.66. The number of urea groups is 3. The van der Waals surface area contributed by atoms with Crippen LogP contribution in [0.4, 0.5) is 48.9 Å². The topological polar surface area (TPSA) is 211 Å². The Morgan fingerprint density at radius 3 is 1.09 bits per heavy atom. The fraction of sp³-hybridized carbons (Fsp3) is 0.353. The number of nitrogens with one attached hydrogen (secondary N) is 7. The number of benzene rings is 9. The van der Waals surface area contributed by atoms with Crippen molar-refractivity contribution in [1.29, 1.82) is 0 Å². The van der Waals surface area contributed by atoms with Crippen LogP contribution in [0.25, 0.3) is 55.5 Å². The molecule has 0 atom stereocenters. The standard InChI is InChI=1S/C32H39N5O2.C29H32N4O.C28H31BrN4O.C5H10.C4H9NO.CHI3.CH2I.CH4.CH3.HI.K.2V/c1-23-11-14-25(15-12-23)37-30(22-29(35-37)32(2,3)4)34-31(38)33-28-16-13-24(26-9-5-6-10-27(26)28)8-7-17-36-18-20-39-21-19-36;1-6-7-10-21-15-18-25(24-12-9-8-11-23(21)24)30-28(34)31-27-19-26(29(3,4)5)32-33(27)22-16-13-20(2)14-17-22;1-19-11-14-21(15-12-19)33-26(18-25(32-33)28(2,3)4)31-27(34)30-24-16-13-20(8-7-17-29)22-9-5-6-10-23(22)24;1-3-5-4-2;1-3-6-4-2-5-1;2-1(3)4;1-2;;;;;;/h5-6,9-16,22H,7-8,17-21H2,1-4H3,(H2,33,34,38);7-19H,6H2,1-5H3,(H2,30,31,34);5-6,9-16,18H,7-8,17H2,1-4H3,(H2,30,31,34);3,5H,4H2,1-2H3;5H,1-4H2;1H;1H2;1H4;1H3;1H;;;/q;;;;;;-1;;-1;;+1;;/p-1/b;10-7+;;5-3+;;;;;;;;;. The Kier molecular flexibility index (Phi) is 58.3.